The van der Waals surface area contributed by atoms with E-state index in [4.69, 9.17) is 5.11 Å². The molecule has 152 valence electrons. The fourth-order valence-electron chi connectivity index (χ4n) is 2.53. The zero-order valence-electron chi connectivity index (χ0n) is 15.4. The Morgan fingerprint density at radius 2 is 1.20 bits per heavy atom. The standard InChI is InChI=1S/C19H15N5O6/c1-9-20-18(22-13-4-2-3-10(6-13)15(25)26)24-19(21-9)23-14-7-11(16(27)28)5-12(8-14)17(29)30/h2-8H,1H3,(H,25,26)(H,27,28)(H,29,30)(H2,20,21,22,23,24). The number of benzene rings is 2. The summed E-state index contributed by atoms with van der Waals surface area (Å²) in [6.45, 7) is 1.60. The molecule has 0 spiro atoms. The first kappa shape index (κ1) is 20.2. The van der Waals surface area contributed by atoms with Crippen LogP contribution in [0.4, 0.5) is 23.3 Å². The molecule has 0 saturated carbocycles. The molecule has 1 heterocycles. The summed E-state index contributed by atoms with van der Waals surface area (Å²) in [5, 5.41) is 33.1. The van der Waals surface area contributed by atoms with Crippen LogP contribution >= 0.6 is 0 Å². The first-order valence-electron chi connectivity index (χ1n) is 8.43. The molecule has 0 bridgehead atoms. The molecule has 5 N–H and O–H groups in total. The number of carbonyl (C=O) groups is 3. The van der Waals surface area contributed by atoms with Gasteiger partial charge in [-0.3, -0.25) is 0 Å². The highest BCUT2D eigenvalue weighted by atomic mass is 16.4. The minimum atomic E-state index is -1.28. The van der Waals surface area contributed by atoms with E-state index in [9.17, 15) is 24.6 Å². The molecule has 11 nitrogen and oxygen atoms in total. The summed E-state index contributed by atoms with van der Waals surface area (Å²) in [5.41, 5.74) is 0.249. The van der Waals surface area contributed by atoms with Crippen LogP contribution in [0.15, 0.2) is 42.5 Å². The van der Waals surface area contributed by atoms with E-state index in [0.717, 1.165) is 6.07 Å². The van der Waals surface area contributed by atoms with Gasteiger partial charge in [-0.15, -0.1) is 0 Å². The van der Waals surface area contributed by atoms with Crippen molar-refractivity contribution >= 4 is 41.2 Å². The molecule has 0 aliphatic rings. The van der Waals surface area contributed by atoms with E-state index in [-0.39, 0.29) is 34.3 Å². The Bertz CT molecular complexity index is 1130. The molecule has 0 radical (unpaired) electrons. The van der Waals surface area contributed by atoms with Crippen molar-refractivity contribution in [1.82, 2.24) is 15.0 Å². The van der Waals surface area contributed by atoms with Crippen molar-refractivity contribution in [3.05, 3.63) is 65.0 Å². The third-order valence-corrected chi connectivity index (χ3v) is 3.80. The van der Waals surface area contributed by atoms with Gasteiger partial charge >= 0.3 is 17.9 Å². The van der Waals surface area contributed by atoms with Crippen LogP contribution in [0.3, 0.4) is 0 Å². The number of nitrogens with one attached hydrogen (secondary N) is 2. The SMILES string of the molecule is Cc1nc(Nc2cccc(C(=O)O)c2)nc(Nc2cc(C(=O)O)cc(C(=O)O)c2)n1. The molecule has 0 amide bonds. The predicted molar refractivity (Wildman–Crippen MR) is 105 cm³/mol. The van der Waals surface area contributed by atoms with Gasteiger partial charge in [0.05, 0.1) is 16.7 Å². The average Bonchev–Trinajstić information content (AvgIpc) is 2.67. The molecule has 3 aromatic rings. The van der Waals surface area contributed by atoms with Gasteiger partial charge in [0.2, 0.25) is 11.9 Å². The highest BCUT2D eigenvalue weighted by Gasteiger charge is 2.13. The van der Waals surface area contributed by atoms with Gasteiger partial charge in [0.15, 0.2) is 0 Å². The van der Waals surface area contributed by atoms with Gasteiger partial charge in [-0.05, 0) is 43.3 Å². The summed E-state index contributed by atoms with van der Waals surface area (Å²) in [6, 6.07) is 9.57. The van der Waals surface area contributed by atoms with E-state index >= 15 is 0 Å². The van der Waals surface area contributed by atoms with Gasteiger partial charge in [-0.1, -0.05) is 6.07 Å². The molecule has 1 aromatic heterocycles. The zero-order chi connectivity index (χ0) is 21.8. The minimum absolute atomic E-state index is 0.0401. The van der Waals surface area contributed by atoms with Gasteiger partial charge in [0.1, 0.15) is 5.82 Å². The lowest BCUT2D eigenvalue weighted by atomic mass is 10.1. The number of hydrogen-bond acceptors (Lipinski definition) is 8. The van der Waals surface area contributed by atoms with E-state index in [1.54, 1.807) is 19.1 Å². The third kappa shape index (κ3) is 4.84. The number of nitrogens with zero attached hydrogens (tertiary/aromatic N) is 3. The Morgan fingerprint density at radius 1 is 0.700 bits per heavy atom. The van der Waals surface area contributed by atoms with Crippen LogP contribution in [0.2, 0.25) is 0 Å². The Morgan fingerprint density at radius 3 is 1.73 bits per heavy atom. The molecule has 0 aliphatic heterocycles. The highest BCUT2D eigenvalue weighted by molar-refractivity contribution is 5.95. The number of aromatic nitrogens is 3. The fourth-order valence-corrected chi connectivity index (χ4v) is 2.53. The molecule has 0 fully saturated rings. The lowest BCUT2D eigenvalue weighted by Gasteiger charge is -2.10. The molecular weight excluding hydrogens is 394 g/mol. The normalized spacial score (nSPS) is 10.3. The van der Waals surface area contributed by atoms with Crippen molar-refractivity contribution in [3.63, 3.8) is 0 Å². The molecule has 11 heteroatoms. The summed E-state index contributed by atoms with van der Waals surface area (Å²) in [5.74, 6) is -3.18. The van der Waals surface area contributed by atoms with Crippen LogP contribution in [0, 0.1) is 6.92 Å². The predicted octanol–water partition coefficient (Wildman–Crippen LogP) is 2.76. The van der Waals surface area contributed by atoms with Crippen LogP contribution < -0.4 is 10.6 Å². The number of carboxylic acid groups (broad SMARTS) is 3. The summed E-state index contributed by atoms with van der Waals surface area (Å²) in [7, 11) is 0. The zero-order valence-corrected chi connectivity index (χ0v) is 15.4. The maximum absolute atomic E-state index is 11.3. The minimum Gasteiger partial charge on any atom is -0.478 e. The van der Waals surface area contributed by atoms with Gasteiger partial charge in [0.25, 0.3) is 0 Å². The van der Waals surface area contributed by atoms with Crippen molar-refractivity contribution in [2.75, 3.05) is 10.6 Å². The highest BCUT2D eigenvalue weighted by Crippen LogP contribution is 2.21. The van der Waals surface area contributed by atoms with Crippen molar-refractivity contribution < 1.29 is 29.7 Å². The number of rotatable bonds is 7. The van der Waals surface area contributed by atoms with Gasteiger partial charge in [-0.2, -0.15) is 15.0 Å². The van der Waals surface area contributed by atoms with Crippen LogP contribution in [-0.2, 0) is 0 Å². The number of anilines is 4. The molecule has 30 heavy (non-hydrogen) atoms. The first-order chi connectivity index (χ1) is 14.2. The van der Waals surface area contributed by atoms with Crippen LogP contribution in [0.25, 0.3) is 0 Å². The third-order valence-electron chi connectivity index (χ3n) is 3.80. The molecule has 3 rings (SSSR count). The van der Waals surface area contributed by atoms with E-state index in [1.807, 2.05) is 0 Å². The second kappa shape index (κ2) is 8.22. The molecule has 2 aromatic carbocycles. The molecule has 0 saturated heterocycles. The summed E-state index contributed by atoms with van der Waals surface area (Å²) in [6.07, 6.45) is 0. The Kier molecular flexibility index (Phi) is 5.54. The largest absolute Gasteiger partial charge is 0.478 e. The molecular formula is C19H15N5O6. The van der Waals surface area contributed by atoms with E-state index in [2.05, 4.69) is 25.6 Å². The second-order valence-electron chi connectivity index (χ2n) is 6.08. The van der Waals surface area contributed by atoms with Gasteiger partial charge in [-0.25, -0.2) is 14.4 Å². The Hall–Kier alpha value is -4.54. The summed E-state index contributed by atoms with van der Waals surface area (Å²) < 4.78 is 0. The summed E-state index contributed by atoms with van der Waals surface area (Å²) in [4.78, 5) is 46.0. The van der Waals surface area contributed by atoms with Crippen LogP contribution in [-0.4, -0.2) is 48.2 Å². The Balaban J connectivity index is 1.91. The average molecular weight is 409 g/mol. The van der Waals surface area contributed by atoms with Crippen LogP contribution in [0.1, 0.15) is 36.9 Å². The first-order valence-corrected chi connectivity index (χ1v) is 8.43. The summed E-state index contributed by atoms with van der Waals surface area (Å²) >= 11 is 0. The van der Waals surface area contributed by atoms with E-state index in [0.29, 0.717) is 11.5 Å². The van der Waals surface area contributed by atoms with Crippen molar-refractivity contribution in [2.45, 2.75) is 6.92 Å². The van der Waals surface area contributed by atoms with Gasteiger partial charge in [0, 0.05) is 11.4 Å². The lowest BCUT2D eigenvalue weighted by Crippen LogP contribution is -2.08. The van der Waals surface area contributed by atoms with Crippen LogP contribution in [0.5, 0.6) is 0 Å². The molecule has 0 aliphatic carbocycles. The monoisotopic (exact) mass is 409 g/mol. The maximum atomic E-state index is 11.3. The number of carboxylic acids is 3. The van der Waals surface area contributed by atoms with Crippen molar-refractivity contribution in [2.24, 2.45) is 0 Å². The molecule has 0 unspecified atom stereocenters. The number of aryl methyl sites for hydroxylation is 1. The van der Waals surface area contributed by atoms with Crippen molar-refractivity contribution in [3.8, 4) is 0 Å². The Labute approximate surface area is 169 Å². The lowest BCUT2D eigenvalue weighted by molar-refractivity contribution is 0.0682. The smallest absolute Gasteiger partial charge is 0.335 e. The van der Waals surface area contributed by atoms with Crippen molar-refractivity contribution in [1.29, 1.82) is 0 Å². The van der Waals surface area contributed by atoms with Gasteiger partial charge < -0.3 is 26.0 Å². The maximum Gasteiger partial charge on any atom is 0.335 e. The van der Waals surface area contributed by atoms with E-state index < -0.39 is 17.9 Å². The van der Waals surface area contributed by atoms with E-state index in [1.165, 1.54) is 24.3 Å². The quantitative estimate of drug-likeness (QED) is 0.388. The fraction of sp³-hybridized carbons (Fsp3) is 0.0526. The molecule has 0 atom stereocenters. The second-order valence-corrected chi connectivity index (χ2v) is 6.08. The number of hydrogen-bond donors (Lipinski definition) is 5. The number of aromatic carboxylic acids is 3. The topological polar surface area (TPSA) is 175 Å².